The van der Waals surface area contributed by atoms with Gasteiger partial charge in [0.25, 0.3) is 0 Å². The predicted molar refractivity (Wildman–Crippen MR) is 98.8 cm³/mol. The van der Waals surface area contributed by atoms with E-state index in [0.717, 1.165) is 41.8 Å². The summed E-state index contributed by atoms with van der Waals surface area (Å²) in [5.74, 6) is 0.254. The van der Waals surface area contributed by atoms with Gasteiger partial charge in [-0.25, -0.2) is 4.68 Å². The van der Waals surface area contributed by atoms with Gasteiger partial charge in [0.1, 0.15) is 0 Å². The van der Waals surface area contributed by atoms with Gasteiger partial charge >= 0.3 is 0 Å². The Balaban J connectivity index is 2.13. The van der Waals surface area contributed by atoms with Crippen molar-refractivity contribution in [1.82, 2.24) is 9.78 Å². The summed E-state index contributed by atoms with van der Waals surface area (Å²) in [5, 5.41) is 15.5. The SMILES string of the molecule is CCCCc1c(-c2cccc(C)c2)nn(-c2ccc(C)cc2)c1O. The molecule has 0 aliphatic rings. The normalized spacial score (nSPS) is 11.0. The van der Waals surface area contributed by atoms with E-state index < -0.39 is 0 Å². The van der Waals surface area contributed by atoms with E-state index in [-0.39, 0.29) is 5.88 Å². The molecule has 24 heavy (non-hydrogen) atoms. The summed E-state index contributed by atoms with van der Waals surface area (Å²) in [6.45, 7) is 6.29. The number of unbranched alkanes of at least 4 members (excludes halogenated alkanes) is 1. The van der Waals surface area contributed by atoms with Crippen LogP contribution in [0.15, 0.2) is 48.5 Å². The second kappa shape index (κ2) is 6.91. The summed E-state index contributed by atoms with van der Waals surface area (Å²) in [5.41, 5.74) is 6.14. The van der Waals surface area contributed by atoms with E-state index in [1.54, 1.807) is 4.68 Å². The summed E-state index contributed by atoms with van der Waals surface area (Å²) in [6, 6.07) is 16.4. The molecule has 3 heteroatoms. The van der Waals surface area contributed by atoms with Crippen LogP contribution in [0.25, 0.3) is 16.9 Å². The van der Waals surface area contributed by atoms with Crippen LogP contribution in [0.3, 0.4) is 0 Å². The van der Waals surface area contributed by atoms with Crippen LogP contribution in [-0.2, 0) is 6.42 Å². The minimum absolute atomic E-state index is 0.254. The maximum atomic E-state index is 10.8. The largest absolute Gasteiger partial charge is 0.493 e. The van der Waals surface area contributed by atoms with Gasteiger partial charge in [0.2, 0.25) is 5.88 Å². The Bertz CT molecular complexity index is 832. The molecular weight excluding hydrogens is 296 g/mol. The summed E-state index contributed by atoms with van der Waals surface area (Å²) in [7, 11) is 0. The second-order valence-electron chi connectivity index (χ2n) is 6.37. The molecule has 0 saturated carbocycles. The van der Waals surface area contributed by atoms with E-state index in [1.165, 1.54) is 11.1 Å². The van der Waals surface area contributed by atoms with Gasteiger partial charge in [0, 0.05) is 11.1 Å². The molecule has 1 N–H and O–H groups in total. The minimum Gasteiger partial charge on any atom is -0.493 e. The van der Waals surface area contributed by atoms with Crippen LogP contribution >= 0.6 is 0 Å². The first-order valence-corrected chi connectivity index (χ1v) is 8.55. The Hall–Kier alpha value is -2.55. The van der Waals surface area contributed by atoms with E-state index in [1.807, 2.05) is 30.3 Å². The molecule has 0 atom stereocenters. The average Bonchev–Trinajstić information content (AvgIpc) is 2.90. The Labute approximate surface area is 143 Å². The highest BCUT2D eigenvalue weighted by atomic mass is 16.3. The molecule has 0 bridgehead atoms. The van der Waals surface area contributed by atoms with Gasteiger partial charge in [0.15, 0.2) is 0 Å². The molecule has 3 rings (SSSR count). The Morgan fingerprint density at radius 2 is 1.75 bits per heavy atom. The van der Waals surface area contributed by atoms with Crippen molar-refractivity contribution in [3.8, 4) is 22.8 Å². The molecule has 0 amide bonds. The molecule has 0 aliphatic heterocycles. The highest BCUT2D eigenvalue weighted by Crippen LogP contribution is 2.33. The van der Waals surface area contributed by atoms with Crippen LogP contribution in [0.5, 0.6) is 5.88 Å². The highest BCUT2D eigenvalue weighted by molar-refractivity contribution is 5.67. The van der Waals surface area contributed by atoms with Crippen molar-refractivity contribution >= 4 is 0 Å². The fourth-order valence-corrected chi connectivity index (χ4v) is 2.92. The zero-order chi connectivity index (χ0) is 17.1. The van der Waals surface area contributed by atoms with Crippen LogP contribution in [0.4, 0.5) is 0 Å². The molecule has 1 aromatic heterocycles. The van der Waals surface area contributed by atoms with Crippen molar-refractivity contribution < 1.29 is 5.11 Å². The van der Waals surface area contributed by atoms with Gasteiger partial charge in [-0.15, -0.1) is 0 Å². The number of hydrogen-bond donors (Lipinski definition) is 1. The Morgan fingerprint density at radius 3 is 2.42 bits per heavy atom. The molecule has 1 heterocycles. The minimum atomic E-state index is 0.254. The molecule has 0 unspecified atom stereocenters. The van der Waals surface area contributed by atoms with E-state index in [9.17, 15) is 5.11 Å². The van der Waals surface area contributed by atoms with Gasteiger partial charge in [0.05, 0.1) is 11.4 Å². The topological polar surface area (TPSA) is 38.0 Å². The number of aromatic hydroxyl groups is 1. The average molecular weight is 320 g/mol. The maximum Gasteiger partial charge on any atom is 0.218 e. The van der Waals surface area contributed by atoms with Gasteiger partial charge in [-0.1, -0.05) is 54.8 Å². The summed E-state index contributed by atoms with van der Waals surface area (Å²) in [6.07, 6.45) is 2.95. The number of aryl methyl sites for hydroxylation is 2. The van der Waals surface area contributed by atoms with Crippen LogP contribution < -0.4 is 0 Å². The molecular formula is C21H24N2O. The predicted octanol–water partition coefficient (Wildman–Crippen LogP) is 5.20. The first-order valence-electron chi connectivity index (χ1n) is 8.55. The summed E-state index contributed by atoms with van der Waals surface area (Å²) >= 11 is 0. The van der Waals surface area contributed by atoms with Crippen molar-refractivity contribution in [1.29, 1.82) is 0 Å². The van der Waals surface area contributed by atoms with Gasteiger partial charge in [-0.05, 0) is 44.9 Å². The zero-order valence-electron chi connectivity index (χ0n) is 14.6. The van der Waals surface area contributed by atoms with Crippen molar-refractivity contribution in [3.05, 3.63) is 65.2 Å². The highest BCUT2D eigenvalue weighted by Gasteiger charge is 2.19. The van der Waals surface area contributed by atoms with Gasteiger partial charge in [-0.3, -0.25) is 0 Å². The molecule has 0 saturated heterocycles. The molecule has 124 valence electrons. The monoisotopic (exact) mass is 320 g/mol. The first kappa shape index (κ1) is 16.3. The summed E-state index contributed by atoms with van der Waals surface area (Å²) < 4.78 is 1.65. The fourth-order valence-electron chi connectivity index (χ4n) is 2.92. The number of benzene rings is 2. The maximum absolute atomic E-state index is 10.8. The van der Waals surface area contributed by atoms with E-state index in [4.69, 9.17) is 5.10 Å². The van der Waals surface area contributed by atoms with E-state index in [0.29, 0.717) is 0 Å². The molecule has 0 aliphatic carbocycles. The van der Waals surface area contributed by atoms with Crippen molar-refractivity contribution in [3.63, 3.8) is 0 Å². The smallest absolute Gasteiger partial charge is 0.218 e. The lowest BCUT2D eigenvalue weighted by Crippen LogP contribution is -1.96. The number of rotatable bonds is 5. The lowest BCUT2D eigenvalue weighted by molar-refractivity contribution is 0.427. The van der Waals surface area contributed by atoms with Crippen molar-refractivity contribution in [2.45, 2.75) is 40.0 Å². The number of nitrogens with zero attached hydrogens (tertiary/aromatic N) is 2. The lowest BCUT2D eigenvalue weighted by Gasteiger charge is -2.04. The molecule has 3 aromatic rings. The van der Waals surface area contributed by atoms with Gasteiger partial charge < -0.3 is 5.11 Å². The second-order valence-corrected chi connectivity index (χ2v) is 6.37. The molecule has 0 fully saturated rings. The molecule has 3 nitrogen and oxygen atoms in total. The summed E-state index contributed by atoms with van der Waals surface area (Å²) in [4.78, 5) is 0. The molecule has 0 radical (unpaired) electrons. The van der Waals surface area contributed by atoms with Crippen LogP contribution in [0.2, 0.25) is 0 Å². The number of hydrogen-bond acceptors (Lipinski definition) is 2. The third kappa shape index (κ3) is 3.21. The van der Waals surface area contributed by atoms with Crippen molar-refractivity contribution in [2.75, 3.05) is 0 Å². The standard InChI is InChI=1S/C21H24N2O/c1-4-5-9-19-20(17-8-6-7-16(3)14-17)22-23(21(19)24)18-12-10-15(2)11-13-18/h6-8,10-14,24H,4-5,9H2,1-3H3. The quantitative estimate of drug-likeness (QED) is 0.701. The zero-order valence-corrected chi connectivity index (χ0v) is 14.6. The van der Waals surface area contributed by atoms with Crippen LogP contribution in [0.1, 0.15) is 36.5 Å². The third-order valence-electron chi connectivity index (χ3n) is 4.31. The van der Waals surface area contributed by atoms with Crippen LogP contribution in [-0.4, -0.2) is 14.9 Å². The molecule has 0 spiro atoms. The first-order chi connectivity index (χ1) is 11.6. The Morgan fingerprint density at radius 1 is 1.00 bits per heavy atom. The molecule has 2 aromatic carbocycles. The Kier molecular flexibility index (Phi) is 4.70. The number of aromatic nitrogens is 2. The lowest BCUT2D eigenvalue weighted by atomic mass is 10.0. The third-order valence-corrected chi connectivity index (χ3v) is 4.31. The fraction of sp³-hybridized carbons (Fsp3) is 0.286. The van der Waals surface area contributed by atoms with Gasteiger partial charge in [-0.2, -0.15) is 5.10 Å². The van der Waals surface area contributed by atoms with Crippen LogP contribution in [0, 0.1) is 13.8 Å². The van der Waals surface area contributed by atoms with E-state index >= 15 is 0 Å². The van der Waals surface area contributed by atoms with Crippen molar-refractivity contribution in [2.24, 2.45) is 0 Å². The van der Waals surface area contributed by atoms with E-state index in [2.05, 4.69) is 39.0 Å².